The predicted octanol–water partition coefficient (Wildman–Crippen LogP) is 3.10. The molecule has 1 aliphatic heterocycles. The van der Waals surface area contributed by atoms with Crippen molar-refractivity contribution in [3.63, 3.8) is 0 Å². The third-order valence-electron chi connectivity index (χ3n) is 4.15. The average Bonchev–Trinajstić information content (AvgIpc) is 2.43. The van der Waals surface area contributed by atoms with E-state index in [0.717, 1.165) is 6.08 Å². The molecule has 25 heavy (non-hydrogen) atoms. The number of aromatic hydroxyl groups is 1. The van der Waals surface area contributed by atoms with E-state index >= 15 is 0 Å². The van der Waals surface area contributed by atoms with Crippen LogP contribution >= 0.6 is 31.0 Å². The van der Waals surface area contributed by atoms with Crippen molar-refractivity contribution < 1.29 is 28.8 Å². The van der Waals surface area contributed by atoms with Gasteiger partial charge in [0.05, 0.1) is 5.03 Å². The lowest BCUT2D eigenvalue weighted by Gasteiger charge is -2.41. The molecule has 0 saturated carbocycles. The van der Waals surface area contributed by atoms with Crippen molar-refractivity contribution in [2.75, 3.05) is 5.32 Å². The van der Waals surface area contributed by atoms with Gasteiger partial charge in [-0.2, -0.15) is 0 Å². The van der Waals surface area contributed by atoms with Crippen molar-refractivity contribution >= 4 is 42.5 Å². The Bertz CT molecular complexity index is 903. The first kappa shape index (κ1) is 18.5. The first-order valence-corrected chi connectivity index (χ1v) is 9.38. The molecule has 0 aromatic heterocycles. The summed E-state index contributed by atoms with van der Waals surface area (Å²) in [5.74, 6) is -0.923. The molecule has 0 spiro atoms. The summed E-state index contributed by atoms with van der Waals surface area (Å²) < 4.78 is 15.7. The van der Waals surface area contributed by atoms with Gasteiger partial charge in [-0.05, 0) is 29.8 Å². The summed E-state index contributed by atoms with van der Waals surface area (Å²) in [6, 6.07) is 4.66. The molecule has 0 fully saturated rings. The molecule has 1 aromatic rings. The molecule has 1 atom stereocenters. The Balaban J connectivity index is 2.22. The Hall–Kier alpha value is -1.34. The number of fused-ring (bicyclic) bond motifs is 2. The molecule has 1 aromatic carbocycles. The maximum absolute atomic E-state index is 12.5. The summed E-state index contributed by atoms with van der Waals surface area (Å²) in [5.41, 5.74) is 1.24. The third-order valence-corrected chi connectivity index (χ3v) is 5.50. The van der Waals surface area contributed by atoms with Crippen LogP contribution in [-0.2, 0) is 19.3 Å². The van der Waals surface area contributed by atoms with Crippen LogP contribution < -0.4 is 5.32 Å². The van der Waals surface area contributed by atoms with Gasteiger partial charge in [0.15, 0.2) is 0 Å². The Morgan fingerprint density at radius 2 is 1.92 bits per heavy atom. The fraction of sp³-hybridized carbons (Fsp3) is 0.267. The van der Waals surface area contributed by atoms with Gasteiger partial charge < -0.3 is 20.2 Å². The number of halogens is 2. The van der Waals surface area contributed by atoms with Crippen LogP contribution in [0.1, 0.15) is 19.4 Å². The van der Waals surface area contributed by atoms with E-state index in [1.165, 1.54) is 6.07 Å². The number of benzene rings is 1. The van der Waals surface area contributed by atoms with Gasteiger partial charge in [0.1, 0.15) is 5.75 Å². The van der Waals surface area contributed by atoms with E-state index in [1.807, 2.05) is 0 Å². The Morgan fingerprint density at radius 3 is 2.52 bits per heavy atom. The smallest absolute Gasteiger partial charge is 0.471 e. The first-order valence-electron chi connectivity index (χ1n) is 7.09. The summed E-state index contributed by atoms with van der Waals surface area (Å²) >= 11 is 12.2. The second-order valence-corrected chi connectivity index (χ2v) is 8.39. The highest BCUT2D eigenvalue weighted by atomic mass is 35.5. The van der Waals surface area contributed by atoms with Gasteiger partial charge in [-0.1, -0.05) is 37.0 Å². The van der Waals surface area contributed by atoms with Crippen molar-refractivity contribution in [1.29, 1.82) is 0 Å². The monoisotopic (exact) mass is 405 g/mol. The van der Waals surface area contributed by atoms with Crippen LogP contribution in [0.2, 0.25) is 0 Å². The van der Waals surface area contributed by atoms with E-state index in [0.29, 0.717) is 22.5 Å². The van der Waals surface area contributed by atoms with Crippen LogP contribution in [0.5, 0.6) is 5.75 Å². The number of carbonyl (C=O) groups excluding carboxylic acids is 1. The summed E-state index contributed by atoms with van der Waals surface area (Å²) in [6.07, 6.45) is 1.09. The van der Waals surface area contributed by atoms with E-state index in [2.05, 4.69) is 9.84 Å². The number of hydrogen-bond acceptors (Lipinski definition) is 5. The van der Waals surface area contributed by atoms with Crippen LogP contribution in [0.3, 0.4) is 0 Å². The van der Waals surface area contributed by atoms with E-state index in [1.54, 1.807) is 26.0 Å². The molecule has 0 amide bonds. The van der Waals surface area contributed by atoms with Crippen LogP contribution in [0.4, 0.5) is 5.69 Å². The van der Waals surface area contributed by atoms with Gasteiger partial charge in [0.2, 0.25) is 10.8 Å². The lowest BCUT2D eigenvalue weighted by molar-refractivity contribution is -0.122. The molecule has 10 heteroatoms. The quantitative estimate of drug-likeness (QED) is 0.339. The summed E-state index contributed by atoms with van der Waals surface area (Å²) in [6.45, 7) is 3.60. The number of nitrogens with one attached hydrogen (secondary N) is 1. The molecular formula is C15H14Cl2NO6P. The molecule has 1 unspecified atom stereocenters. The second-order valence-electron chi connectivity index (χ2n) is 6.28. The highest BCUT2D eigenvalue weighted by molar-refractivity contribution is 7.46. The molecule has 0 radical (unpaired) electrons. The van der Waals surface area contributed by atoms with Crippen molar-refractivity contribution in [3.8, 4) is 5.75 Å². The number of phenols is 1. The number of anilines is 1. The molecule has 3 rings (SSSR count). The number of hydrogen-bond donors (Lipinski definition) is 4. The highest BCUT2D eigenvalue weighted by Gasteiger charge is 2.50. The summed E-state index contributed by atoms with van der Waals surface area (Å²) in [5, 5.41) is 10.0. The van der Waals surface area contributed by atoms with E-state index in [4.69, 9.17) is 33.0 Å². The fourth-order valence-electron chi connectivity index (χ4n) is 3.09. The zero-order valence-electron chi connectivity index (χ0n) is 13.1. The number of alkyl halides is 1. The van der Waals surface area contributed by atoms with Crippen LogP contribution in [0, 0.1) is 0 Å². The fourth-order valence-corrected chi connectivity index (χ4v) is 4.58. The normalized spacial score (nSPS) is 25.0. The van der Waals surface area contributed by atoms with Crippen molar-refractivity contribution in [3.05, 3.63) is 46.1 Å². The minimum atomic E-state index is -5.05. The number of carbonyl (C=O) groups is 1. The van der Waals surface area contributed by atoms with E-state index < -0.39 is 24.1 Å². The van der Waals surface area contributed by atoms with Gasteiger partial charge >= 0.3 is 7.82 Å². The number of phosphoric acid groups is 1. The van der Waals surface area contributed by atoms with Crippen LogP contribution in [-0.4, -0.2) is 25.7 Å². The molecular weight excluding hydrogens is 392 g/mol. The highest BCUT2D eigenvalue weighted by Crippen LogP contribution is 2.53. The van der Waals surface area contributed by atoms with Crippen molar-refractivity contribution in [1.82, 2.24) is 0 Å². The average molecular weight is 406 g/mol. The third kappa shape index (κ3) is 3.01. The lowest BCUT2D eigenvalue weighted by atomic mass is 9.71. The van der Waals surface area contributed by atoms with E-state index in [-0.39, 0.29) is 10.8 Å². The SMILES string of the molecule is CC1(C)C2=C(Cl)C(=O)C(Cl)(OP(=O)(O)O)C=C2Nc2ccc(O)cc21. The molecule has 1 aliphatic carbocycles. The standard InChI is InChI=1S/C15H14Cl2NO6P/c1-14(2)8-5-7(19)3-4-9(8)18-10-6-15(17,24-25(21,22)23)13(20)12(16)11(10)14/h3-6,18-19H,1-2H3,(H2,21,22,23). The number of Topliss-reactive ketones (excluding diaryl/α,β-unsaturated/α-hetero) is 1. The molecule has 7 nitrogen and oxygen atoms in total. The number of phosphoric ester groups is 1. The largest absolute Gasteiger partial charge is 0.508 e. The van der Waals surface area contributed by atoms with Crippen molar-refractivity contribution in [2.45, 2.75) is 24.3 Å². The van der Waals surface area contributed by atoms with Crippen LogP contribution in [0.15, 0.2) is 40.6 Å². The first-order chi connectivity index (χ1) is 11.3. The molecule has 2 aliphatic rings. The Kier molecular flexibility index (Phi) is 4.12. The van der Waals surface area contributed by atoms with Gasteiger partial charge in [-0.3, -0.25) is 9.32 Å². The van der Waals surface area contributed by atoms with Gasteiger partial charge in [0, 0.05) is 22.4 Å². The molecule has 0 saturated heterocycles. The maximum Gasteiger partial charge on any atom is 0.471 e. The van der Waals surface area contributed by atoms with Gasteiger partial charge in [-0.15, -0.1) is 0 Å². The second kappa shape index (κ2) is 5.58. The molecule has 134 valence electrons. The number of ketones is 1. The maximum atomic E-state index is 12.5. The predicted molar refractivity (Wildman–Crippen MR) is 92.4 cm³/mol. The van der Waals surface area contributed by atoms with Gasteiger partial charge in [-0.25, -0.2) is 4.57 Å². The van der Waals surface area contributed by atoms with Crippen molar-refractivity contribution in [2.24, 2.45) is 0 Å². The number of rotatable bonds is 2. The molecule has 0 bridgehead atoms. The van der Waals surface area contributed by atoms with Gasteiger partial charge in [0.25, 0.3) is 0 Å². The zero-order valence-corrected chi connectivity index (χ0v) is 15.5. The molecule has 1 heterocycles. The summed E-state index contributed by atoms with van der Waals surface area (Å²) in [4.78, 5) is 30.6. The minimum Gasteiger partial charge on any atom is -0.508 e. The Labute approximate surface area is 153 Å². The number of phenolic OH excluding ortho intramolecular Hbond substituents is 1. The summed E-state index contributed by atoms with van der Waals surface area (Å²) in [7, 11) is -5.05. The lowest BCUT2D eigenvalue weighted by Crippen LogP contribution is -2.42. The zero-order chi connectivity index (χ0) is 18.8. The number of allylic oxidation sites excluding steroid dienone is 1. The van der Waals surface area contributed by atoms with Crippen LogP contribution in [0.25, 0.3) is 0 Å². The topological polar surface area (TPSA) is 116 Å². The van der Waals surface area contributed by atoms with E-state index in [9.17, 15) is 14.5 Å². The minimum absolute atomic E-state index is 0.0523. The molecule has 4 N–H and O–H groups in total. The Morgan fingerprint density at radius 1 is 1.28 bits per heavy atom.